The fourth-order valence-corrected chi connectivity index (χ4v) is 2.41. The molecule has 0 radical (unpaired) electrons. The van der Waals surface area contributed by atoms with Gasteiger partial charge in [0.05, 0.1) is 11.7 Å². The molecule has 3 rings (SSSR count). The van der Waals surface area contributed by atoms with Crippen molar-refractivity contribution in [2.75, 3.05) is 6.54 Å². The van der Waals surface area contributed by atoms with Gasteiger partial charge in [-0.15, -0.1) is 0 Å². The zero-order chi connectivity index (χ0) is 16.2. The van der Waals surface area contributed by atoms with Crippen LogP contribution in [0.25, 0.3) is 10.8 Å². The Morgan fingerprint density at radius 2 is 2.00 bits per heavy atom. The summed E-state index contributed by atoms with van der Waals surface area (Å²) in [7, 11) is 0. The molecule has 3 N–H and O–H groups in total. The number of aromatic amines is 1. The lowest BCUT2D eigenvalue weighted by Crippen LogP contribution is -2.28. The van der Waals surface area contributed by atoms with Crippen molar-refractivity contribution in [1.82, 2.24) is 10.3 Å². The minimum atomic E-state index is -0.797. The molecule has 3 aromatic rings. The lowest BCUT2D eigenvalue weighted by Gasteiger charge is -2.12. The summed E-state index contributed by atoms with van der Waals surface area (Å²) in [6.45, 7) is 0.0953. The molecule has 0 aliphatic rings. The summed E-state index contributed by atoms with van der Waals surface area (Å²) in [6, 6.07) is 17.0. The summed E-state index contributed by atoms with van der Waals surface area (Å²) in [5.41, 5.74) is 1.44. The molecule has 23 heavy (non-hydrogen) atoms. The van der Waals surface area contributed by atoms with Crippen LogP contribution in [0.2, 0.25) is 0 Å². The predicted octanol–water partition coefficient (Wildman–Crippen LogP) is 2.50. The number of nitrogens with one attached hydrogen (secondary N) is 2. The maximum atomic E-state index is 12.0. The van der Waals surface area contributed by atoms with E-state index in [-0.39, 0.29) is 12.5 Å². The molecule has 1 heterocycles. The quantitative estimate of drug-likeness (QED) is 0.692. The Balaban J connectivity index is 1.67. The number of aliphatic hydroxyl groups is 1. The van der Waals surface area contributed by atoms with Crippen LogP contribution in [-0.2, 0) is 0 Å². The number of amides is 1. The highest BCUT2D eigenvalue weighted by Gasteiger charge is 2.12. The topological polar surface area (TPSA) is 88.9 Å². The third-order valence-corrected chi connectivity index (χ3v) is 3.67. The minimum absolute atomic E-state index is 0.0953. The summed E-state index contributed by atoms with van der Waals surface area (Å²) < 4.78 is 0. The second-order valence-corrected chi connectivity index (χ2v) is 5.25. The first-order chi connectivity index (χ1) is 11.2. The number of fused-ring (bicyclic) bond motifs is 1. The molecule has 1 amide bonds. The van der Waals surface area contributed by atoms with E-state index in [0.717, 1.165) is 16.3 Å². The molecule has 1 aromatic heterocycles. The molecular weight excluding hydrogens is 290 g/mol. The van der Waals surface area contributed by atoms with Crippen LogP contribution in [0.4, 0.5) is 0 Å². The monoisotopic (exact) mass is 305 g/mol. The van der Waals surface area contributed by atoms with Gasteiger partial charge in [0.25, 0.3) is 5.91 Å². The average molecular weight is 305 g/mol. The van der Waals surface area contributed by atoms with Crippen molar-refractivity contribution in [2.45, 2.75) is 6.10 Å². The molecule has 0 aliphatic heterocycles. The summed E-state index contributed by atoms with van der Waals surface area (Å²) >= 11 is 0. The van der Waals surface area contributed by atoms with E-state index in [4.69, 9.17) is 5.26 Å². The van der Waals surface area contributed by atoms with Gasteiger partial charge in [-0.25, -0.2) is 0 Å². The van der Waals surface area contributed by atoms with E-state index in [2.05, 4.69) is 10.3 Å². The van der Waals surface area contributed by atoms with Gasteiger partial charge in [-0.05, 0) is 28.5 Å². The lowest BCUT2D eigenvalue weighted by atomic mass is 10.0. The third kappa shape index (κ3) is 3.23. The van der Waals surface area contributed by atoms with Crippen LogP contribution in [0.5, 0.6) is 0 Å². The molecule has 0 saturated carbocycles. The van der Waals surface area contributed by atoms with Gasteiger partial charge in [0.2, 0.25) is 0 Å². The van der Waals surface area contributed by atoms with Gasteiger partial charge in [0.1, 0.15) is 11.8 Å². The molecule has 2 aromatic carbocycles. The number of benzene rings is 2. The average Bonchev–Trinajstić information content (AvgIpc) is 3.08. The third-order valence-electron chi connectivity index (χ3n) is 3.67. The standard InChI is InChI=1S/C18H15N3O2/c19-9-12-7-16(20-10-12)18(23)21-11-17(22)15-6-5-13-3-1-2-4-14(13)8-15/h1-8,10,17,20,22H,11H2,(H,21,23). The van der Waals surface area contributed by atoms with E-state index in [1.165, 1.54) is 12.3 Å². The number of carbonyl (C=O) groups is 1. The summed E-state index contributed by atoms with van der Waals surface area (Å²) in [4.78, 5) is 14.7. The van der Waals surface area contributed by atoms with Crippen LogP contribution in [0.3, 0.4) is 0 Å². The van der Waals surface area contributed by atoms with E-state index in [1.54, 1.807) is 0 Å². The molecule has 114 valence electrons. The van der Waals surface area contributed by atoms with Crippen LogP contribution in [0.1, 0.15) is 27.7 Å². The zero-order valence-corrected chi connectivity index (χ0v) is 12.3. The largest absolute Gasteiger partial charge is 0.387 e. The molecule has 0 bridgehead atoms. The number of H-pyrrole nitrogens is 1. The number of nitriles is 1. The summed E-state index contributed by atoms with van der Waals surface area (Å²) in [5.74, 6) is -0.355. The maximum absolute atomic E-state index is 12.0. The molecule has 0 fully saturated rings. The fraction of sp³-hybridized carbons (Fsp3) is 0.111. The van der Waals surface area contributed by atoms with Crippen molar-refractivity contribution < 1.29 is 9.90 Å². The van der Waals surface area contributed by atoms with Crippen molar-refractivity contribution in [3.05, 3.63) is 71.5 Å². The van der Waals surface area contributed by atoms with Gasteiger partial charge < -0.3 is 15.4 Å². The van der Waals surface area contributed by atoms with Crippen LogP contribution in [0.15, 0.2) is 54.7 Å². The number of hydrogen-bond donors (Lipinski definition) is 3. The number of rotatable bonds is 4. The predicted molar refractivity (Wildman–Crippen MR) is 86.7 cm³/mol. The number of nitrogens with zero attached hydrogens (tertiary/aromatic N) is 1. The number of aromatic nitrogens is 1. The van der Waals surface area contributed by atoms with E-state index in [0.29, 0.717) is 11.3 Å². The van der Waals surface area contributed by atoms with Crippen molar-refractivity contribution in [2.24, 2.45) is 0 Å². The van der Waals surface area contributed by atoms with E-state index in [9.17, 15) is 9.90 Å². The summed E-state index contributed by atoms with van der Waals surface area (Å²) in [6.07, 6.45) is 0.670. The van der Waals surface area contributed by atoms with Crippen molar-refractivity contribution in [3.63, 3.8) is 0 Å². The van der Waals surface area contributed by atoms with Crippen molar-refractivity contribution in [3.8, 4) is 6.07 Å². The molecule has 0 aliphatic carbocycles. The van der Waals surface area contributed by atoms with Gasteiger partial charge in [-0.3, -0.25) is 4.79 Å². The van der Waals surface area contributed by atoms with E-state index >= 15 is 0 Å². The molecule has 0 spiro atoms. The Kier molecular flexibility index (Phi) is 4.09. The molecule has 5 nitrogen and oxygen atoms in total. The minimum Gasteiger partial charge on any atom is -0.387 e. The Bertz CT molecular complexity index is 892. The molecule has 5 heteroatoms. The lowest BCUT2D eigenvalue weighted by molar-refractivity contribution is 0.0912. The molecule has 0 saturated heterocycles. The number of carbonyl (C=O) groups excluding carboxylic acids is 1. The number of hydrogen-bond acceptors (Lipinski definition) is 3. The highest BCUT2D eigenvalue weighted by atomic mass is 16.3. The Hall–Kier alpha value is -3.10. The summed E-state index contributed by atoms with van der Waals surface area (Å²) in [5, 5.41) is 23.8. The second kappa shape index (κ2) is 6.34. The van der Waals surface area contributed by atoms with E-state index < -0.39 is 6.10 Å². The van der Waals surface area contributed by atoms with Crippen LogP contribution < -0.4 is 5.32 Å². The Labute approximate surface area is 133 Å². The fourth-order valence-electron chi connectivity index (χ4n) is 2.41. The van der Waals surface area contributed by atoms with Crippen molar-refractivity contribution in [1.29, 1.82) is 5.26 Å². The van der Waals surface area contributed by atoms with Crippen LogP contribution >= 0.6 is 0 Å². The van der Waals surface area contributed by atoms with Crippen LogP contribution in [0, 0.1) is 11.3 Å². The second-order valence-electron chi connectivity index (χ2n) is 5.25. The maximum Gasteiger partial charge on any atom is 0.267 e. The highest BCUT2D eigenvalue weighted by Crippen LogP contribution is 2.20. The van der Waals surface area contributed by atoms with Gasteiger partial charge in [0, 0.05) is 12.7 Å². The first-order valence-corrected chi connectivity index (χ1v) is 7.21. The zero-order valence-electron chi connectivity index (χ0n) is 12.3. The SMILES string of the molecule is N#Cc1c[nH]c(C(=O)NCC(O)c2ccc3ccccc3c2)c1. The first-order valence-electron chi connectivity index (χ1n) is 7.21. The van der Waals surface area contributed by atoms with Gasteiger partial charge in [0.15, 0.2) is 0 Å². The molecule has 1 atom stereocenters. The van der Waals surface area contributed by atoms with Gasteiger partial charge in [-0.2, -0.15) is 5.26 Å². The Morgan fingerprint density at radius 1 is 1.22 bits per heavy atom. The molecular formula is C18H15N3O2. The van der Waals surface area contributed by atoms with Gasteiger partial charge in [-0.1, -0.05) is 36.4 Å². The van der Waals surface area contributed by atoms with Gasteiger partial charge >= 0.3 is 0 Å². The Morgan fingerprint density at radius 3 is 2.74 bits per heavy atom. The van der Waals surface area contributed by atoms with Crippen LogP contribution in [-0.4, -0.2) is 22.5 Å². The smallest absolute Gasteiger partial charge is 0.267 e. The highest BCUT2D eigenvalue weighted by molar-refractivity contribution is 5.92. The van der Waals surface area contributed by atoms with E-state index in [1.807, 2.05) is 48.5 Å². The number of aliphatic hydroxyl groups excluding tert-OH is 1. The first kappa shape index (κ1) is 14.8. The normalized spacial score (nSPS) is 11.8. The van der Waals surface area contributed by atoms with Crippen molar-refractivity contribution >= 4 is 16.7 Å². The molecule has 1 unspecified atom stereocenters.